The van der Waals surface area contributed by atoms with Crippen molar-refractivity contribution in [3.63, 3.8) is 0 Å². The van der Waals surface area contributed by atoms with Crippen molar-refractivity contribution in [2.45, 2.75) is 52.4 Å². The molecule has 2 rings (SSSR count). The summed E-state index contributed by atoms with van der Waals surface area (Å²) < 4.78 is 76.0. The van der Waals surface area contributed by atoms with Gasteiger partial charge in [0.1, 0.15) is 5.84 Å². The third kappa shape index (κ3) is 9.35. The predicted octanol–water partition coefficient (Wildman–Crippen LogP) is 6.02. The normalized spacial score (nSPS) is 12.6. The zero-order valence-electron chi connectivity index (χ0n) is 20.5. The summed E-state index contributed by atoms with van der Waals surface area (Å²) in [5, 5.41) is 2.62. The maximum absolute atomic E-state index is 12.7. The second kappa shape index (κ2) is 13.6. The minimum Gasteiger partial charge on any atom is -0.370 e. The summed E-state index contributed by atoms with van der Waals surface area (Å²) in [6.45, 7) is 6.08. The van der Waals surface area contributed by atoms with Crippen LogP contribution in [-0.2, 0) is 23.6 Å². The number of carbonyl (C=O) groups is 1. The number of aromatic nitrogens is 1. The molecule has 11 heteroatoms. The molecule has 0 aliphatic heterocycles. The number of primary amides is 1. The topological polar surface area (TPSA) is 80.4 Å². The first-order chi connectivity index (χ1) is 16.8. The lowest BCUT2D eigenvalue weighted by molar-refractivity contribution is -0.143. The highest BCUT2D eigenvalue weighted by Gasteiger charge is 2.37. The number of nitrogens with two attached hydrogens (primary N) is 1. The molecule has 0 unspecified atom stereocenters. The Hall–Kier alpha value is -3.37. The number of carbonyl (C=O) groups excluding carboxylic acids is 1. The standard InChI is InChI=1S/C13H18N2O.C12H12F6N2/c1-3-5-6-12(13(14)16)10-7-8-15-11(4-2)9-10;1-3-20-10(19-2)7-4-8(11(13,14)15)6-9(5-7)12(16,17)18/h6-9H,3-5H2,1-2H3,(H2,14,16);4-6H,3H2,1-2H3,(H,19,20)/b12-6+;. The smallest absolute Gasteiger partial charge is 0.370 e. The molecule has 0 radical (unpaired) electrons. The zero-order valence-corrected chi connectivity index (χ0v) is 20.5. The van der Waals surface area contributed by atoms with E-state index in [0.717, 1.165) is 30.5 Å². The molecule has 1 heterocycles. The molecule has 5 nitrogen and oxygen atoms in total. The summed E-state index contributed by atoms with van der Waals surface area (Å²) in [5.41, 5.74) is 4.84. The van der Waals surface area contributed by atoms with Gasteiger partial charge >= 0.3 is 12.4 Å². The number of unbranched alkanes of at least 4 members (excludes halogenated alkanes) is 1. The number of amidine groups is 1. The van der Waals surface area contributed by atoms with Crippen LogP contribution >= 0.6 is 0 Å². The Bertz CT molecular complexity index is 1040. The third-order valence-corrected chi connectivity index (χ3v) is 4.82. The molecule has 0 atom stereocenters. The zero-order chi connectivity index (χ0) is 27.5. The van der Waals surface area contributed by atoms with E-state index in [1.165, 1.54) is 7.05 Å². The molecule has 0 spiro atoms. The monoisotopic (exact) mass is 516 g/mol. The Morgan fingerprint density at radius 3 is 2.00 bits per heavy atom. The average molecular weight is 517 g/mol. The molecule has 36 heavy (non-hydrogen) atoms. The number of benzene rings is 1. The summed E-state index contributed by atoms with van der Waals surface area (Å²) >= 11 is 0. The Morgan fingerprint density at radius 2 is 1.58 bits per heavy atom. The first-order valence-corrected chi connectivity index (χ1v) is 11.2. The van der Waals surface area contributed by atoms with Crippen LogP contribution in [0.25, 0.3) is 5.57 Å². The SMILES string of the molecule is CCC/C=C(/C(N)=O)c1ccnc(CC)c1.CCNC(=NC)c1cc(C(F)(F)F)cc(C(F)(F)F)c1. The number of amides is 1. The molecule has 0 bridgehead atoms. The Balaban J connectivity index is 0.000000369. The number of pyridine rings is 1. The number of hydrogen-bond acceptors (Lipinski definition) is 3. The second-order valence-electron chi connectivity index (χ2n) is 7.56. The van der Waals surface area contributed by atoms with Crippen LogP contribution in [0.1, 0.15) is 61.6 Å². The van der Waals surface area contributed by atoms with Crippen molar-refractivity contribution >= 4 is 17.3 Å². The maximum Gasteiger partial charge on any atom is 0.416 e. The van der Waals surface area contributed by atoms with Gasteiger partial charge < -0.3 is 11.1 Å². The number of aliphatic imine (C=N–C) groups is 1. The van der Waals surface area contributed by atoms with Crippen LogP contribution in [0.4, 0.5) is 26.3 Å². The summed E-state index contributed by atoms with van der Waals surface area (Å²) in [6.07, 6.45) is -3.38. The van der Waals surface area contributed by atoms with Gasteiger partial charge in [-0.1, -0.05) is 26.3 Å². The average Bonchev–Trinajstić information content (AvgIpc) is 2.81. The molecule has 0 aliphatic rings. The van der Waals surface area contributed by atoms with Gasteiger partial charge in [0.15, 0.2) is 0 Å². The molecule has 1 aromatic heterocycles. The minimum absolute atomic E-state index is 0.0240. The van der Waals surface area contributed by atoms with Crippen LogP contribution in [-0.4, -0.2) is 30.3 Å². The highest BCUT2D eigenvalue weighted by atomic mass is 19.4. The number of allylic oxidation sites excluding steroid dienone is 1. The molecule has 3 N–H and O–H groups in total. The van der Waals surface area contributed by atoms with Crippen LogP contribution in [0.5, 0.6) is 0 Å². The summed E-state index contributed by atoms with van der Waals surface area (Å²) in [4.78, 5) is 19.2. The van der Waals surface area contributed by atoms with E-state index in [1.54, 1.807) is 13.1 Å². The van der Waals surface area contributed by atoms with Gasteiger partial charge in [0, 0.05) is 36.6 Å². The van der Waals surface area contributed by atoms with E-state index >= 15 is 0 Å². The fraction of sp³-hybridized carbons (Fsp3) is 0.400. The van der Waals surface area contributed by atoms with Gasteiger partial charge in [-0.05, 0) is 55.7 Å². The fourth-order valence-corrected chi connectivity index (χ4v) is 3.06. The number of hydrogen-bond donors (Lipinski definition) is 2. The van der Waals surface area contributed by atoms with Crippen LogP contribution in [0.15, 0.2) is 47.6 Å². The lowest BCUT2D eigenvalue weighted by Crippen LogP contribution is -2.25. The van der Waals surface area contributed by atoms with Crippen LogP contribution in [0.3, 0.4) is 0 Å². The molecule has 198 valence electrons. The van der Waals surface area contributed by atoms with Crippen LogP contribution in [0.2, 0.25) is 0 Å². The molecule has 0 aliphatic carbocycles. The number of halogens is 6. The number of nitrogens with one attached hydrogen (secondary N) is 1. The number of rotatable bonds is 7. The van der Waals surface area contributed by atoms with Gasteiger partial charge in [-0.3, -0.25) is 14.8 Å². The molecular weight excluding hydrogens is 486 g/mol. The number of nitrogens with zero attached hydrogens (tertiary/aromatic N) is 2. The van der Waals surface area contributed by atoms with Crippen LogP contribution < -0.4 is 11.1 Å². The van der Waals surface area contributed by atoms with Crippen LogP contribution in [0, 0.1) is 0 Å². The maximum atomic E-state index is 12.7. The van der Waals surface area contributed by atoms with Crippen molar-refractivity contribution in [3.05, 3.63) is 70.6 Å². The van der Waals surface area contributed by atoms with E-state index in [-0.39, 0.29) is 23.4 Å². The number of aryl methyl sites for hydroxylation is 1. The van der Waals surface area contributed by atoms with Crippen molar-refractivity contribution in [1.29, 1.82) is 0 Å². The van der Waals surface area contributed by atoms with E-state index in [2.05, 4.69) is 22.2 Å². The summed E-state index contributed by atoms with van der Waals surface area (Å²) in [7, 11) is 1.28. The largest absolute Gasteiger partial charge is 0.416 e. The third-order valence-electron chi connectivity index (χ3n) is 4.82. The van der Waals surface area contributed by atoms with Crippen molar-refractivity contribution < 1.29 is 31.1 Å². The molecule has 1 amide bonds. The van der Waals surface area contributed by atoms with E-state index in [4.69, 9.17) is 5.73 Å². The molecule has 0 saturated carbocycles. The molecule has 2 aromatic rings. The van der Waals surface area contributed by atoms with Gasteiger partial charge in [0.25, 0.3) is 0 Å². The van der Waals surface area contributed by atoms with E-state index in [0.29, 0.717) is 24.3 Å². The fourth-order valence-electron chi connectivity index (χ4n) is 3.06. The predicted molar refractivity (Wildman–Crippen MR) is 128 cm³/mol. The van der Waals surface area contributed by atoms with Crippen molar-refractivity contribution in [3.8, 4) is 0 Å². The van der Waals surface area contributed by atoms with Gasteiger partial charge in [0.2, 0.25) is 5.91 Å². The Labute approximate surface area is 206 Å². The van der Waals surface area contributed by atoms with E-state index in [9.17, 15) is 31.1 Å². The van der Waals surface area contributed by atoms with Crippen molar-refractivity contribution in [2.24, 2.45) is 10.7 Å². The Morgan fingerprint density at radius 1 is 1.00 bits per heavy atom. The quantitative estimate of drug-likeness (QED) is 0.204. The Kier molecular flexibility index (Phi) is 11.6. The first-order valence-electron chi connectivity index (χ1n) is 11.2. The summed E-state index contributed by atoms with van der Waals surface area (Å²) in [5.74, 6) is -0.397. The van der Waals surface area contributed by atoms with Gasteiger partial charge in [-0.25, -0.2) is 0 Å². The van der Waals surface area contributed by atoms with Crippen molar-refractivity contribution in [2.75, 3.05) is 13.6 Å². The second-order valence-corrected chi connectivity index (χ2v) is 7.56. The first kappa shape index (κ1) is 30.7. The van der Waals surface area contributed by atoms with E-state index in [1.807, 2.05) is 25.1 Å². The lowest BCUT2D eigenvalue weighted by atomic mass is 10.0. The highest BCUT2D eigenvalue weighted by Crippen LogP contribution is 2.36. The van der Waals surface area contributed by atoms with Gasteiger partial charge in [0.05, 0.1) is 11.1 Å². The molecular formula is C25H30F6N4O. The summed E-state index contributed by atoms with van der Waals surface area (Å²) in [6, 6.07) is 5.11. The minimum atomic E-state index is -4.86. The van der Waals surface area contributed by atoms with Gasteiger partial charge in [-0.2, -0.15) is 26.3 Å². The molecule has 0 fully saturated rings. The van der Waals surface area contributed by atoms with E-state index < -0.39 is 23.5 Å². The lowest BCUT2D eigenvalue weighted by Gasteiger charge is -2.15. The van der Waals surface area contributed by atoms with Crippen molar-refractivity contribution in [1.82, 2.24) is 10.3 Å². The number of alkyl halides is 6. The molecule has 0 saturated heterocycles. The molecule has 1 aromatic carbocycles. The highest BCUT2D eigenvalue weighted by molar-refractivity contribution is 6.18. The van der Waals surface area contributed by atoms with Gasteiger partial charge in [-0.15, -0.1) is 0 Å².